The SMILES string of the molecule is c1ccc(-c2nc(-n3c4c5ccccc5ccc4c4cc5c6ccccc6n6c7ccccc7c(c43)c56)nc3ccccc23)cc1. The Hall–Kier alpha value is -6.26. The molecular weight excluding hydrogens is 560 g/mol. The van der Waals surface area contributed by atoms with E-state index in [4.69, 9.17) is 9.97 Å². The first-order valence-electron chi connectivity index (χ1n) is 15.7. The predicted molar refractivity (Wildman–Crippen MR) is 191 cm³/mol. The van der Waals surface area contributed by atoms with E-state index in [-0.39, 0.29) is 0 Å². The van der Waals surface area contributed by atoms with Gasteiger partial charge < -0.3 is 4.40 Å². The molecule has 0 aliphatic heterocycles. The van der Waals surface area contributed by atoms with Crippen molar-refractivity contribution in [2.45, 2.75) is 0 Å². The molecule has 0 aliphatic rings. The van der Waals surface area contributed by atoms with Gasteiger partial charge in [0.25, 0.3) is 0 Å². The summed E-state index contributed by atoms with van der Waals surface area (Å²) in [4.78, 5) is 10.8. The summed E-state index contributed by atoms with van der Waals surface area (Å²) in [6, 6.07) is 52.0. The highest BCUT2D eigenvalue weighted by Crippen LogP contribution is 2.47. The van der Waals surface area contributed by atoms with Crippen LogP contribution in [0.4, 0.5) is 0 Å². The lowest BCUT2D eigenvalue weighted by Gasteiger charge is -2.13. The molecule has 0 radical (unpaired) electrons. The molecule has 0 fully saturated rings. The minimum atomic E-state index is 0.677. The van der Waals surface area contributed by atoms with Gasteiger partial charge in [-0.25, -0.2) is 9.97 Å². The maximum atomic E-state index is 5.44. The molecule has 0 N–H and O–H groups in total. The van der Waals surface area contributed by atoms with Crippen molar-refractivity contribution in [3.63, 3.8) is 0 Å². The topological polar surface area (TPSA) is 35.1 Å². The Morgan fingerprint density at radius 1 is 0.413 bits per heavy atom. The molecule has 0 aliphatic carbocycles. The third kappa shape index (κ3) is 2.98. The molecule has 4 heterocycles. The summed E-state index contributed by atoms with van der Waals surface area (Å²) in [7, 11) is 0. The van der Waals surface area contributed by atoms with Crippen molar-refractivity contribution >= 4 is 81.6 Å². The molecule has 46 heavy (non-hydrogen) atoms. The summed E-state index contributed by atoms with van der Waals surface area (Å²) in [6.45, 7) is 0. The molecule has 212 valence electrons. The lowest BCUT2D eigenvalue weighted by atomic mass is 10.0. The third-order valence-electron chi connectivity index (χ3n) is 9.82. The van der Waals surface area contributed by atoms with Crippen LogP contribution in [0.1, 0.15) is 0 Å². The minimum absolute atomic E-state index is 0.677. The number of rotatable bonds is 2. The standard InChI is InChI=1S/C42H24N4/c1-2-13-26(14-3-1)38-30-17-6-9-19-34(30)43-42(44-38)46-39-27-15-5-4-12-25(27)22-23-29(39)33-24-32-28-16-7-10-20-35(28)45-36-21-11-8-18-31(36)37(40(32)45)41(33)46/h1-24H. The van der Waals surface area contributed by atoms with Crippen molar-refractivity contribution in [2.24, 2.45) is 0 Å². The van der Waals surface area contributed by atoms with Crippen LogP contribution >= 0.6 is 0 Å². The second-order valence-electron chi connectivity index (χ2n) is 12.2. The van der Waals surface area contributed by atoms with Gasteiger partial charge in [-0.1, -0.05) is 121 Å². The molecule has 0 spiro atoms. The van der Waals surface area contributed by atoms with Gasteiger partial charge >= 0.3 is 0 Å². The first-order valence-corrected chi connectivity index (χ1v) is 15.7. The summed E-state index contributed by atoms with van der Waals surface area (Å²) < 4.78 is 4.80. The van der Waals surface area contributed by atoms with Crippen LogP contribution in [-0.2, 0) is 0 Å². The van der Waals surface area contributed by atoms with E-state index in [1.165, 1.54) is 59.6 Å². The average molecular weight is 585 g/mol. The molecule has 11 aromatic rings. The Labute approximate surface area is 262 Å². The van der Waals surface area contributed by atoms with Crippen LogP contribution in [0.15, 0.2) is 146 Å². The molecule has 11 rings (SSSR count). The van der Waals surface area contributed by atoms with Gasteiger partial charge in [0.15, 0.2) is 0 Å². The lowest BCUT2D eigenvalue weighted by Crippen LogP contribution is -2.04. The van der Waals surface area contributed by atoms with Crippen LogP contribution in [0, 0.1) is 0 Å². The highest BCUT2D eigenvalue weighted by atomic mass is 15.2. The van der Waals surface area contributed by atoms with E-state index < -0.39 is 0 Å². The summed E-state index contributed by atoms with van der Waals surface area (Å²) in [5, 5.41) is 10.8. The second kappa shape index (κ2) is 8.68. The van der Waals surface area contributed by atoms with Crippen molar-refractivity contribution in [1.29, 1.82) is 0 Å². The van der Waals surface area contributed by atoms with Crippen LogP contribution < -0.4 is 0 Å². The fourth-order valence-electron chi connectivity index (χ4n) is 7.95. The molecular formula is C42H24N4. The predicted octanol–water partition coefficient (Wildman–Crippen LogP) is 10.7. The van der Waals surface area contributed by atoms with Crippen molar-refractivity contribution < 1.29 is 0 Å². The van der Waals surface area contributed by atoms with Crippen molar-refractivity contribution in [2.75, 3.05) is 0 Å². The number of fused-ring (bicyclic) bond motifs is 13. The quantitative estimate of drug-likeness (QED) is 0.203. The zero-order valence-corrected chi connectivity index (χ0v) is 24.6. The Kier molecular flexibility index (Phi) is 4.55. The fourth-order valence-corrected chi connectivity index (χ4v) is 7.95. The molecule has 4 nitrogen and oxygen atoms in total. The summed E-state index contributed by atoms with van der Waals surface area (Å²) in [6.07, 6.45) is 0. The number of nitrogens with zero attached hydrogens (tertiary/aromatic N) is 4. The molecule has 0 bridgehead atoms. The van der Waals surface area contributed by atoms with E-state index >= 15 is 0 Å². The zero-order valence-electron chi connectivity index (χ0n) is 24.6. The Bertz CT molecular complexity index is 3020. The maximum Gasteiger partial charge on any atom is 0.235 e. The molecule has 0 saturated carbocycles. The van der Waals surface area contributed by atoms with E-state index in [0.717, 1.165) is 33.2 Å². The van der Waals surface area contributed by atoms with E-state index in [9.17, 15) is 0 Å². The minimum Gasteiger partial charge on any atom is -0.308 e. The normalized spacial score (nSPS) is 12.3. The first kappa shape index (κ1) is 24.1. The molecule has 4 aromatic heterocycles. The lowest BCUT2D eigenvalue weighted by molar-refractivity contribution is 1.02. The van der Waals surface area contributed by atoms with Crippen LogP contribution in [0.3, 0.4) is 0 Å². The fraction of sp³-hybridized carbons (Fsp3) is 0. The smallest absolute Gasteiger partial charge is 0.235 e. The highest BCUT2D eigenvalue weighted by molar-refractivity contribution is 6.35. The van der Waals surface area contributed by atoms with Gasteiger partial charge in [0.05, 0.1) is 38.8 Å². The molecule has 7 aromatic carbocycles. The van der Waals surface area contributed by atoms with Crippen LogP contribution in [-0.4, -0.2) is 18.9 Å². The molecule has 0 atom stereocenters. The Morgan fingerprint density at radius 3 is 1.91 bits per heavy atom. The summed E-state index contributed by atoms with van der Waals surface area (Å²) in [5.74, 6) is 0.677. The Balaban J connectivity index is 1.44. The molecule has 0 amide bonds. The second-order valence-corrected chi connectivity index (χ2v) is 12.2. The van der Waals surface area contributed by atoms with Gasteiger partial charge in [0.2, 0.25) is 5.95 Å². The summed E-state index contributed by atoms with van der Waals surface area (Å²) >= 11 is 0. The monoisotopic (exact) mass is 584 g/mol. The van der Waals surface area contributed by atoms with Crippen LogP contribution in [0.5, 0.6) is 0 Å². The zero-order chi connectivity index (χ0) is 29.9. The number of aromatic nitrogens is 4. The average Bonchev–Trinajstić information content (AvgIpc) is 3.76. The van der Waals surface area contributed by atoms with E-state index in [0.29, 0.717) is 5.95 Å². The van der Waals surface area contributed by atoms with Crippen molar-refractivity contribution in [1.82, 2.24) is 18.9 Å². The number of hydrogen-bond acceptors (Lipinski definition) is 2. The highest BCUT2D eigenvalue weighted by Gasteiger charge is 2.26. The number of hydrogen-bond donors (Lipinski definition) is 0. The van der Waals surface area contributed by atoms with E-state index in [1.807, 2.05) is 0 Å². The van der Waals surface area contributed by atoms with Gasteiger partial charge in [-0.2, -0.15) is 0 Å². The Morgan fingerprint density at radius 2 is 1.07 bits per heavy atom. The van der Waals surface area contributed by atoms with Gasteiger partial charge in [0.1, 0.15) is 0 Å². The largest absolute Gasteiger partial charge is 0.308 e. The van der Waals surface area contributed by atoms with Crippen molar-refractivity contribution in [3.05, 3.63) is 146 Å². The van der Waals surface area contributed by atoms with E-state index in [1.54, 1.807) is 0 Å². The van der Waals surface area contributed by atoms with Crippen molar-refractivity contribution in [3.8, 4) is 17.2 Å². The molecule has 4 heteroatoms. The third-order valence-corrected chi connectivity index (χ3v) is 9.82. The number of para-hydroxylation sites is 3. The first-order chi connectivity index (χ1) is 22.8. The van der Waals surface area contributed by atoms with Gasteiger partial charge in [-0.3, -0.25) is 4.57 Å². The molecule has 0 unspecified atom stereocenters. The number of benzene rings is 7. The van der Waals surface area contributed by atoms with Gasteiger partial charge in [-0.15, -0.1) is 0 Å². The van der Waals surface area contributed by atoms with Gasteiger partial charge in [-0.05, 0) is 29.7 Å². The van der Waals surface area contributed by atoms with E-state index in [2.05, 4.69) is 155 Å². The summed E-state index contributed by atoms with van der Waals surface area (Å²) in [5.41, 5.74) is 8.89. The van der Waals surface area contributed by atoms with Crippen LogP contribution in [0.25, 0.3) is 98.8 Å². The molecule has 0 saturated heterocycles. The maximum absolute atomic E-state index is 5.44. The van der Waals surface area contributed by atoms with Gasteiger partial charge in [0, 0.05) is 48.7 Å². The van der Waals surface area contributed by atoms with Crippen LogP contribution in [0.2, 0.25) is 0 Å².